The standard InChI is InChI=1S/C18H28N2O5S/c1-6-26(22,23)19(3)15-12-17(25-5)16(24-4)11-14(15)18(21)20-9-7-13(2)8-10-20/h11-13H,6-10H2,1-5H3. The summed E-state index contributed by atoms with van der Waals surface area (Å²) in [6, 6.07) is 3.11. The summed E-state index contributed by atoms with van der Waals surface area (Å²) in [5.74, 6) is 1.11. The predicted octanol–water partition coefficient (Wildman–Crippen LogP) is 2.36. The molecule has 26 heavy (non-hydrogen) atoms. The molecule has 0 saturated carbocycles. The quantitative estimate of drug-likeness (QED) is 0.753. The number of likely N-dealkylation sites (tertiary alicyclic amines) is 1. The Labute approximate surface area is 155 Å². The molecular weight excluding hydrogens is 356 g/mol. The molecule has 0 aliphatic carbocycles. The molecule has 1 saturated heterocycles. The number of rotatable bonds is 6. The van der Waals surface area contributed by atoms with Crippen molar-refractivity contribution in [3.63, 3.8) is 0 Å². The maximum Gasteiger partial charge on any atom is 0.256 e. The van der Waals surface area contributed by atoms with Crippen LogP contribution < -0.4 is 13.8 Å². The Balaban J connectivity index is 2.53. The van der Waals surface area contributed by atoms with Gasteiger partial charge < -0.3 is 14.4 Å². The lowest BCUT2D eigenvalue weighted by Crippen LogP contribution is -2.39. The molecule has 1 aromatic rings. The highest BCUT2D eigenvalue weighted by atomic mass is 32.2. The van der Waals surface area contributed by atoms with Crippen molar-refractivity contribution in [2.45, 2.75) is 26.7 Å². The highest BCUT2D eigenvalue weighted by molar-refractivity contribution is 7.92. The fraction of sp³-hybridized carbons (Fsp3) is 0.611. The van der Waals surface area contributed by atoms with Gasteiger partial charge in [0.25, 0.3) is 5.91 Å². The Morgan fingerprint density at radius 3 is 2.23 bits per heavy atom. The topological polar surface area (TPSA) is 76.1 Å². The maximum atomic E-state index is 13.1. The highest BCUT2D eigenvalue weighted by Gasteiger charge is 2.29. The first-order chi connectivity index (χ1) is 12.2. The number of sulfonamides is 1. The zero-order valence-corrected chi connectivity index (χ0v) is 16.9. The molecule has 0 aromatic heterocycles. The molecule has 8 heteroatoms. The molecule has 1 aliphatic rings. The van der Waals surface area contributed by atoms with Crippen molar-refractivity contribution in [1.29, 1.82) is 0 Å². The number of amides is 1. The fourth-order valence-electron chi connectivity index (χ4n) is 3.03. The monoisotopic (exact) mass is 384 g/mol. The van der Waals surface area contributed by atoms with Gasteiger partial charge in [-0.05, 0) is 31.7 Å². The molecule has 1 fully saturated rings. The van der Waals surface area contributed by atoms with E-state index >= 15 is 0 Å². The van der Waals surface area contributed by atoms with Gasteiger partial charge in [-0.15, -0.1) is 0 Å². The zero-order valence-electron chi connectivity index (χ0n) is 16.1. The molecule has 7 nitrogen and oxygen atoms in total. The minimum Gasteiger partial charge on any atom is -0.493 e. The van der Waals surface area contributed by atoms with Gasteiger partial charge in [-0.1, -0.05) is 6.92 Å². The minimum absolute atomic E-state index is 0.0628. The number of hydrogen-bond donors (Lipinski definition) is 0. The van der Waals surface area contributed by atoms with Crippen molar-refractivity contribution in [3.8, 4) is 11.5 Å². The van der Waals surface area contributed by atoms with Gasteiger partial charge in [0.15, 0.2) is 11.5 Å². The van der Waals surface area contributed by atoms with Crippen molar-refractivity contribution in [3.05, 3.63) is 17.7 Å². The number of benzene rings is 1. The minimum atomic E-state index is -3.53. The van der Waals surface area contributed by atoms with Crippen LogP contribution in [-0.2, 0) is 10.0 Å². The number of hydrogen-bond acceptors (Lipinski definition) is 5. The van der Waals surface area contributed by atoms with Gasteiger partial charge in [-0.25, -0.2) is 8.42 Å². The van der Waals surface area contributed by atoms with Crippen LogP contribution in [0.4, 0.5) is 5.69 Å². The van der Waals surface area contributed by atoms with Crippen molar-refractivity contribution in [1.82, 2.24) is 4.90 Å². The van der Waals surface area contributed by atoms with Crippen LogP contribution >= 0.6 is 0 Å². The summed E-state index contributed by atoms with van der Waals surface area (Å²) in [6.45, 7) is 5.07. The second kappa shape index (κ2) is 8.16. The van der Waals surface area contributed by atoms with E-state index in [1.807, 2.05) is 0 Å². The van der Waals surface area contributed by atoms with Crippen LogP contribution in [0.1, 0.15) is 37.0 Å². The van der Waals surface area contributed by atoms with E-state index in [1.165, 1.54) is 21.3 Å². The first kappa shape index (κ1) is 20.4. The summed E-state index contributed by atoms with van der Waals surface area (Å²) in [5.41, 5.74) is 0.602. The van der Waals surface area contributed by atoms with Gasteiger partial charge in [-0.2, -0.15) is 0 Å². The lowest BCUT2D eigenvalue weighted by atomic mass is 9.98. The molecule has 2 rings (SSSR count). The molecule has 0 radical (unpaired) electrons. The van der Waals surface area contributed by atoms with Gasteiger partial charge in [-0.3, -0.25) is 9.10 Å². The van der Waals surface area contributed by atoms with Crippen LogP contribution in [0.3, 0.4) is 0 Å². The van der Waals surface area contributed by atoms with Crippen LogP contribution in [0.15, 0.2) is 12.1 Å². The van der Waals surface area contributed by atoms with E-state index in [4.69, 9.17) is 9.47 Å². The Kier molecular flexibility index (Phi) is 6.39. The SMILES string of the molecule is CCS(=O)(=O)N(C)c1cc(OC)c(OC)cc1C(=O)N1CCC(C)CC1. The molecule has 1 aromatic carbocycles. The molecule has 1 amide bonds. The number of carbonyl (C=O) groups is 1. The van der Waals surface area contributed by atoms with Crippen molar-refractivity contribution >= 4 is 21.6 Å². The van der Waals surface area contributed by atoms with E-state index in [0.717, 1.165) is 17.1 Å². The lowest BCUT2D eigenvalue weighted by molar-refractivity contribution is 0.0697. The van der Waals surface area contributed by atoms with Crippen LogP contribution in [0.2, 0.25) is 0 Å². The molecule has 0 spiro atoms. The van der Waals surface area contributed by atoms with Gasteiger partial charge in [0, 0.05) is 26.2 Å². The van der Waals surface area contributed by atoms with E-state index in [9.17, 15) is 13.2 Å². The van der Waals surface area contributed by atoms with Crippen molar-refractivity contribution in [2.24, 2.45) is 5.92 Å². The van der Waals surface area contributed by atoms with Crippen LogP contribution in [0, 0.1) is 5.92 Å². The number of piperidine rings is 1. The molecule has 0 bridgehead atoms. The van der Waals surface area contributed by atoms with Crippen molar-refractivity contribution < 1.29 is 22.7 Å². The zero-order chi connectivity index (χ0) is 19.5. The Morgan fingerprint density at radius 2 is 1.73 bits per heavy atom. The number of nitrogens with zero attached hydrogens (tertiary/aromatic N) is 2. The maximum absolute atomic E-state index is 13.1. The number of anilines is 1. The Hall–Kier alpha value is -1.96. The third kappa shape index (κ3) is 4.06. The average Bonchev–Trinajstić information content (AvgIpc) is 2.66. The first-order valence-corrected chi connectivity index (χ1v) is 10.4. The van der Waals surface area contributed by atoms with Crippen LogP contribution in [0.25, 0.3) is 0 Å². The van der Waals surface area contributed by atoms with Crippen LogP contribution in [0.5, 0.6) is 11.5 Å². The summed E-state index contributed by atoms with van der Waals surface area (Å²) in [7, 11) is 0.891. The summed E-state index contributed by atoms with van der Waals surface area (Å²) in [4.78, 5) is 14.9. The van der Waals surface area contributed by atoms with Gasteiger partial charge in [0.2, 0.25) is 10.0 Å². The average molecular weight is 384 g/mol. The highest BCUT2D eigenvalue weighted by Crippen LogP contribution is 2.37. The summed E-state index contributed by atoms with van der Waals surface area (Å²) in [6.07, 6.45) is 1.88. The molecule has 0 unspecified atom stereocenters. The lowest BCUT2D eigenvalue weighted by Gasteiger charge is -2.32. The number of ether oxygens (including phenoxy) is 2. The summed E-state index contributed by atoms with van der Waals surface area (Å²) >= 11 is 0. The largest absolute Gasteiger partial charge is 0.493 e. The fourth-order valence-corrected chi connectivity index (χ4v) is 3.86. The van der Waals surface area contributed by atoms with E-state index in [1.54, 1.807) is 24.0 Å². The Morgan fingerprint density at radius 1 is 1.19 bits per heavy atom. The molecule has 0 N–H and O–H groups in total. The molecule has 0 atom stereocenters. The second-order valence-electron chi connectivity index (χ2n) is 6.57. The van der Waals surface area contributed by atoms with Crippen molar-refractivity contribution in [2.75, 3.05) is 44.4 Å². The first-order valence-electron chi connectivity index (χ1n) is 8.77. The smallest absolute Gasteiger partial charge is 0.256 e. The van der Waals surface area contributed by atoms with E-state index < -0.39 is 10.0 Å². The molecule has 1 aliphatic heterocycles. The summed E-state index contributed by atoms with van der Waals surface area (Å²) in [5, 5.41) is 0. The number of methoxy groups -OCH3 is 2. The molecule has 1 heterocycles. The second-order valence-corrected chi connectivity index (χ2v) is 8.86. The van der Waals surface area contributed by atoms with Gasteiger partial charge in [0.05, 0.1) is 31.2 Å². The Bertz CT molecular complexity index is 755. The normalized spacial score (nSPS) is 15.7. The van der Waals surface area contributed by atoms with Gasteiger partial charge >= 0.3 is 0 Å². The van der Waals surface area contributed by atoms with E-state index in [-0.39, 0.29) is 11.7 Å². The van der Waals surface area contributed by atoms with E-state index in [0.29, 0.717) is 41.8 Å². The van der Waals surface area contributed by atoms with E-state index in [2.05, 4.69) is 6.92 Å². The third-order valence-corrected chi connectivity index (χ3v) is 6.69. The predicted molar refractivity (Wildman–Crippen MR) is 102 cm³/mol. The third-order valence-electron chi connectivity index (χ3n) is 4.92. The van der Waals surface area contributed by atoms with Gasteiger partial charge in [0.1, 0.15) is 0 Å². The molecule has 146 valence electrons. The van der Waals surface area contributed by atoms with Crippen LogP contribution in [-0.4, -0.2) is 59.3 Å². The number of carbonyl (C=O) groups excluding carboxylic acids is 1. The molecular formula is C18H28N2O5S. The summed E-state index contributed by atoms with van der Waals surface area (Å²) < 4.78 is 36.5.